The fourth-order valence-electron chi connectivity index (χ4n) is 2.90. The third-order valence-electron chi connectivity index (χ3n) is 3.97. The third-order valence-corrected chi connectivity index (χ3v) is 4.75. The maximum Gasteiger partial charge on any atom is 0.410 e. The molecule has 1 aliphatic rings. The summed E-state index contributed by atoms with van der Waals surface area (Å²) < 4.78 is 5.57. The van der Waals surface area contributed by atoms with Crippen molar-refractivity contribution >= 4 is 17.4 Å². The third kappa shape index (κ3) is 6.11. The van der Waals surface area contributed by atoms with Crippen LogP contribution in [0.1, 0.15) is 58.4 Å². The van der Waals surface area contributed by atoms with Crippen LogP contribution in [0.5, 0.6) is 0 Å². The van der Waals surface area contributed by atoms with Crippen molar-refractivity contribution in [2.45, 2.75) is 77.6 Å². The number of nitrogens with zero attached hydrogens (tertiary/aromatic N) is 2. The van der Waals surface area contributed by atoms with Crippen LogP contribution in [-0.4, -0.2) is 40.2 Å². The Morgan fingerprint density at radius 1 is 1.52 bits per heavy atom. The van der Waals surface area contributed by atoms with Gasteiger partial charge in [-0.3, -0.25) is 0 Å². The van der Waals surface area contributed by atoms with Crippen LogP contribution >= 0.6 is 11.3 Å². The van der Waals surface area contributed by atoms with E-state index in [1.54, 1.807) is 11.3 Å². The second kappa shape index (κ2) is 8.11. The molecule has 6 heteroatoms. The van der Waals surface area contributed by atoms with Gasteiger partial charge in [-0.2, -0.15) is 0 Å². The zero-order chi connectivity index (χ0) is 16.9. The van der Waals surface area contributed by atoms with E-state index >= 15 is 0 Å². The van der Waals surface area contributed by atoms with Crippen LogP contribution in [0.15, 0.2) is 11.6 Å². The predicted molar refractivity (Wildman–Crippen MR) is 93.6 cm³/mol. The molecular weight excluding hydrogens is 310 g/mol. The molecule has 0 radical (unpaired) electrons. The Morgan fingerprint density at radius 3 is 2.96 bits per heavy atom. The first-order valence-electron chi connectivity index (χ1n) is 8.46. The van der Waals surface area contributed by atoms with Gasteiger partial charge in [0.2, 0.25) is 0 Å². The van der Waals surface area contributed by atoms with Gasteiger partial charge in [0.1, 0.15) is 10.6 Å². The first kappa shape index (κ1) is 18.2. The van der Waals surface area contributed by atoms with E-state index in [2.05, 4.69) is 17.2 Å². The molecule has 1 saturated heterocycles. The smallest absolute Gasteiger partial charge is 0.410 e. The molecule has 1 N–H and O–H groups in total. The number of hydrogen-bond acceptors (Lipinski definition) is 5. The maximum absolute atomic E-state index is 12.4. The fourth-order valence-corrected chi connectivity index (χ4v) is 3.47. The summed E-state index contributed by atoms with van der Waals surface area (Å²) in [5, 5.41) is 6.60. The highest BCUT2D eigenvalue weighted by molar-refractivity contribution is 7.09. The van der Waals surface area contributed by atoms with Crippen LogP contribution in [0.2, 0.25) is 0 Å². The molecule has 0 aromatic carbocycles. The van der Waals surface area contributed by atoms with E-state index in [9.17, 15) is 4.79 Å². The van der Waals surface area contributed by atoms with E-state index in [1.165, 1.54) is 6.42 Å². The van der Waals surface area contributed by atoms with Gasteiger partial charge in [0.05, 0.1) is 0 Å². The number of ether oxygens (including phenoxy) is 1. The van der Waals surface area contributed by atoms with Gasteiger partial charge in [0.15, 0.2) is 0 Å². The average Bonchev–Trinajstić information content (AvgIpc) is 2.97. The molecule has 2 rings (SSSR count). The van der Waals surface area contributed by atoms with Crippen molar-refractivity contribution in [2.75, 3.05) is 6.54 Å². The monoisotopic (exact) mass is 339 g/mol. The van der Waals surface area contributed by atoms with Gasteiger partial charge in [-0.25, -0.2) is 9.78 Å². The molecular formula is C17H29N3O2S. The summed E-state index contributed by atoms with van der Waals surface area (Å²) in [5.74, 6) is 0. The number of amides is 1. The lowest BCUT2D eigenvalue weighted by Crippen LogP contribution is -2.48. The lowest BCUT2D eigenvalue weighted by molar-refractivity contribution is 0.00789. The summed E-state index contributed by atoms with van der Waals surface area (Å²) in [6.45, 7) is 9.53. The molecule has 0 saturated carbocycles. The Morgan fingerprint density at radius 2 is 2.30 bits per heavy atom. The highest BCUT2D eigenvalue weighted by Crippen LogP contribution is 2.23. The molecule has 23 heavy (non-hydrogen) atoms. The van der Waals surface area contributed by atoms with Crippen LogP contribution in [-0.2, 0) is 11.3 Å². The summed E-state index contributed by atoms with van der Waals surface area (Å²) in [7, 11) is 0. The number of carbonyl (C=O) groups is 1. The van der Waals surface area contributed by atoms with Gasteiger partial charge in [-0.15, -0.1) is 11.3 Å². The van der Waals surface area contributed by atoms with Crippen LogP contribution in [0.4, 0.5) is 4.79 Å². The molecule has 2 heterocycles. The minimum atomic E-state index is -0.437. The lowest BCUT2D eigenvalue weighted by Gasteiger charge is -2.38. The number of carbonyl (C=O) groups excluding carboxylic acids is 1. The van der Waals surface area contributed by atoms with Crippen LogP contribution < -0.4 is 5.32 Å². The molecule has 1 aliphatic heterocycles. The van der Waals surface area contributed by atoms with Crippen molar-refractivity contribution in [1.82, 2.24) is 15.2 Å². The number of aromatic nitrogens is 1. The van der Waals surface area contributed by atoms with Crippen LogP contribution in [0.3, 0.4) is 0 Å². The van der Waals surface area contributed by atoms with Gasteiger partial charge in [0, 0.05) is 36.8 Å². The van der Waals surface area contributed by atoms with Crippen LogP contribution in [0, 0.1) is 0 Å². The fraction of sp³-hybridized carbons (Fsp3) is 0.765. The Hall–Kier alpha value is -1.14. The molecule has 130 valence electrons. The molecule has 0 aliphatic carbocycles. The lowest BCUT2D eigenvalue weighted by atomic mass is 9.97. The average molecular weight is 340 g/mol. The van der Waals surface area contributed by atoms with Gasteiger partial charge < -0.3 is 15.0 Å². The Labute approximate surface area is 143 Å². The molecule has 1 amide bonds. The SMILES string of the molecule is CC(CC1CCCCN1C(=O)OC(C)(C)C)NCc1nccs1. The Bertz CT molecular complexity index is 485. The molecule has 0 spiro atoms. The number of piperidine rings is 1. The minimum absolute atomic E-state index is 0.172. The maximum atomic E-state index is 12.4. The van der Waals surface area contributed by atoms with Gasteiger partial charge in [-0.05, 0) is 53.4 Å². The number of nitrogens with one attached hydrogen (secondary N) is 1. The molecule has 1 fully saturated rings. The largest absolute Gasteiger partial charge is 0.444 e. The minimum Gasteiger partial charge on any atom is -0.444 e. The highest BCUT2D eigenvalue weighted by Gasteiger charge is 2.31. The van der Waals surface area contributed by atoms with E-state index < -0.39 is 5.60 Å². The summed E-state index contributed by atoms with van der Waals surface area (Å²) in [6.07, 6.45) is 5.92. The summed E-state index contributed by atoms with van der Waals surface area (Å²) >= 11 is 1.66. The summed E-state index contributed by atoms with van der Waals surface area (Å²) in [5.41, 5.74) is -0.437. The molecule has 1 aromatic rings. The first-order chi connectivity index (χ1) is 10.8. The van der Waals surface area contributed by atoms with Crippen molar-refractivity contribution in [3.05, 3.63) is 16.6 Å². The van der Waals surface area contributed by atoms with Crippen LogP contribution in [0.25, 0.3) is 0 Å². The van der Waals surface area contributed by atoms with E-state index in [0.717, 1.165) is 37.4 Å². The van der Waals surface area contributed by atoms with Crippen molar-refractivity contribution in [1.29, 1.82) is 0 Å². The normalized spacial score (nSPS) is 20.3. The number of hydrogen-bond donors (Lipinski definition) is 1. The molecule has 2 unspecified atom stereocenters. The van der Waals surface area contributed by atoms with Crippen molar-refractivity contribution in [2.24, 2.45) is 0 Å². The van der Waals surface area contributed by atoms with E-state index in [0.29, 0.717) is 6.04 Å². The highest BCUT2D eigenvalue weighted by atomic mass is 32.1. The molecule has 2 atom stereocenters. The van der Waals surface area contributed by atoms with Crippen molar-refractivity contribution in [3.63, 3.8) is 0 Å². The van der Waals surface area contributed by atoms with E-state index in [4.69, 9.17) is 4.74 Å². The first-order valence-corrected chi connectivity index (χ1v) is 9.34. The summed E-state index contributed by atoms with van der Waals surface area (Å²) in [4.78, 5) is 18.6. The van der Waals surface area contributed by atoms with Crippen molar-refractivity contribution in [3.8, 4) is 0 Å². The van der Waals surface area contributed by atoms with Gasteiger partial charge in [-0.1, -0.05) is 0 Å². The zero-order valence-electron chi connectivity index (χ0n) is 14.7. The Balaban J connectivity index is 1.86. The van der Waals surface area contributed by atoms with Gasteiger partial charge in [0.25, 0.3) is 0 Å². The zero-order valence-corrected chi connectivity index (χ0v) is 15.5. The van der Waals surface area contributed by atoms with Crippen molar-refractivity contribution < 1.29 is 9.53 Å². The van der Waals surface area contributed by atoms with Gasteiger partial charge >= 0.3 is 6.09 Å². The molecule has 1 aromatic heterocycles. The van der Waals surface area contributed by atoms with E-state index in [1.807, 2.05) is 37.2 Å². The van der Waals surface area contributed by atoms with E-state index in [-0.39, 0.29) is 12.1 Å². The predicted octanol–water partition coefficient (Wildman–Crippen LogP) is 3.80. The standard InChI is InChI=1S/C17H29N3O2S/c1-13(19-12-15-18-8-10-23-15)11-14-7-5-6-9-20(14)16(21)22-17(2,3)4/h8,10,13-14,19H,5-7,9,11-12H2,1-4H3. The second-order valence-electron chi connectivity index (χ2n) is 7.27. The topological polar surface area (TPSA) is 54.5 Å². The summed E-state index contributed by atoms with van der Waals surface area (Å²) in [6, 6.07) is 0.601. The Kier molecular flexibility index (Phi) is 6.41. The molecule has 5 nitrogen and oxygen atoms in total. The molecule has 0 bridgehead atoms. The second-order valence-corrected chi connectivity index (χ2v) is 8.25. The number of rotatable bonds is 5. The quantitative estimate of drug-likeness (QED) is 0.886. The number of likely N-dealkylation sites (tertiary alicyclic amines) is 1. The number of thiazole rings is 1.